The zero-order valence-electron chi connectivity index (χ0n) is 11.8. The van der Waals surface area contributed by atoms with Crippen LogP contribution in [0.2, 0.25) is 10.0 Å². The van der Waals surface area contributed by atoms with E-state index in [1.165, 1.54) is 0 Å². The monoisotopic (exact) mass is 340 g/mol. The van der Waals surface area contributed by atoms with E-state index in [0.29, 0.717) is 28.6 Å². The number of nitrogens with zero attached hydrogens (tertiary/aromatic N) is 2. The number of hydrogen-bond acceptors (Lipinski definition) is 2. The van der Waals surface area contributed by atoms with Gasteiger partial charge >= 0.3 is 0 Å². The Bertz CT molecular complexity index is 740. The molecular formula is C16H15Cl2FN2O. The maximum atomic E-state index is 14.0. The molecule has 3 rings (SSSR count). The first-order valence-corrected chi connectivity index (χ1v) is 7.83. The summed E-state index contributed by atoms with van der Waals surface area (Å²) in [5.74, 6) is -0.482. The summed E-state index contributed by atoms with van der Waals surface area (Å²) in [4.78, 5) is 0. The highest BCUT2D eigenvalue weighted by molar-refractivity contribution is 6.35. The number of hydrogen-bond donors (Lipinski definition) is 1. The lowest BCUT2D eigenvalue weighted by atomic mass is 9.92. The third-order valence-electron chi connectivity index (χ3n) is 3.88. The van der Waals surface area contributed by atoms with Gasteiger partial charge in [-0.25, -0.2) is 4.39 Å². The molecular weight excluding hydrogens is 326 g/mol. The van der Waals surface area contributed by atoms with Gasteiger partial charge in [-0.2, -0.15) is 5.10 Å². The van der Waals surface area contributed by atoms with Crippen LogP contribution in [0, 0.1) is 0 Å². The largest absolute Gasteiger partial charge is 0.389 e. The molecule has 0 amide bonds. The molecule has 0 saturated carbocycles. The van der Waals surface area contributed by atoms with E-state index in [1.807, 2.05) is 6.07 Å². The van der Waals surface area contributed by atoms with Gasteiger partial charge in [0.15, 0.2) is 0 Å². The molecule has 1 N–H and O–H groups in total. The van der Waals surface area contributed by atoms with Gasteiger partial charge in [0.25, 0.3) is 0 Å². The molecule has 0 fully saturated rings. The number of aliphatic hydroxyl groups is 1. The van der Waals surface area contributed by atoms with Gasteiger partial charge in [0, 0.05) is 15.6 Å². The van der Waals surface area contributed by atoms with Crippen molar-refractivity contribution in [3.63, 3.8) is 0 Å². The van der Waals surface area contributed by atoms with Crippen LogP contribution in [0.4, 0.5) is 4.39 Å². The van der Waals surface area contributed by atoms with Gasteiger partial charge in [-0.15, -0.1) is 0 Å². The molecule has 0 bridgehead atoms. The van der Waals surface area contributed by atoms with Crippen LogP contribution in [-0.2, 0) is 13.0 Å². The zero-order chi connectivity index (χ0) is 15.7. The molecule has 116 valence electrons. The molecule has 0 spiro atoms. The van der Waals surface area contributed by atoms with E-state index in [9.17, 15) is 4.39 Å². The molecule has 0 aliphatic heterocycles. The molecule has 1 aliphatic rings. The fourth-order valence-corrected chi connectivity index (χ4v) is 3.29. The molecule has 0 saturated heterocycles. The summed E-state index contributed by atoms with van der Waals surface area (Å²) in [6, 6.07) is 5.29. The number of aromatic nitrogens is 2. The average Bonchev–Trinajstić information content (AvgIpc) is 2.92. The summed E-state index contributed by atoms with van der Waals surface area (Å²) in [6.45, 7) is -0.144. The van der Waals surface area contributed by atoms with Crippen LogP contribution >= 0.6 is 23.2 Å². The predicted molar refractivity (Wildman–Crippen MR) is 85.8 cm³/mol. The van der Waals surface area contributed by atoms with Gasteiger partial charge in [0.2, 0.25) is 0 Å². The van der Waals surface area contributed by atoms with Crippen molar-refractivity contribution in [2.75, 3.05) is 6.61 Å². The maximum Gasteiger partial charge on any atom is 0.131 e. The van der Waals surface area contributed by atoms with Crippen LogP contribution in [0.15, 0.2) is 30.2 Å². The second-order valence-electron chi connectivity index (χ2n) is 5.31. The number of allylic oxidation sites excluding steroid dienone is 1. The Morgan fingerprint density at radius 3 is 2.86 bits per heavy atom. The van der Waals surface area contributed by atoms with Crippen LogP contribution in [0.5, 0.6) is 0 Å². The van der Waals surface area contributed by atoms with Crippen molar-refractivity contribution in [1.29, 1.82) is 0 Å². The lowest BCUT2D eigenvalue weighted by Gasteiger charge is -2.18. The summed E-state index contributed by atoms with van der Waals surface area (Å²) >= 11 is 12.1. The number of rotatable bonds is 3. The predicted octanol–water partition coefficient (Wildman–Crippen LogP) is 4.25. The van der Waals surface area contributed by atoms with Gasteiger partial charge < -0.3 is 5.11 Å². The number of halogens is 3. The van der Waals surface area contributed by atoms with Crippen LogP contribution < -0.4 is 0 Å². The smallest absolute Gasteiger partial charge is 0.131 e. The van der Waals surface area contributed by atoms with Gasteiger partial charge in [0.05, 0.1) is 25.0 Å². The minimum absolute atomic E-state index is 0.438. The standard InChI is InChI=1S/C16H15Cl2FN2O/c17-12-5-4-11(14(18)6-12)8-21-16-10(7-20-21)2-1-3-13(16)15(19)9-22/h4-7,22H,1-3,8-9H2. The SMILES string of the molecule is OCC(F)=C1CCCc2cnn(Cc3ccc(Cl)cc3Cl)c21. The van der Waals surface area contributed by atoms with E-state index in [4.69, 9.17) is 28.3 Å². The van der Waals surface area contributed by atoms with Gasteiger partial charge in [-0.3, -0.25) is 4.68 Å². The summed E-state index contributed by atoms with van der Waals surface area (Å²) in [5.41, 5.74) is 3.19. The Hall–Kier alpha value is -1.36. The number of aryl methyl sites for hydroxylation is 1. The van der Waals surface area contributed by atoms with E-state index in [0.717, 1.165) is 29.7 Å². The molecule has 1 heterocycles. The van der Waals surface area contributed by atoms with E-state index in [-0.39, 0.29) is 0 Å². The maximum absolute atomic E-state index is 14.0. The van der Waals surface area contributed by atoms with Crippen molar-refractivity contribution in [3.05, 3.63) is 57.1 Å². The molecule has 3 nitrogen and oxygen atoms in total. The van der Waals surface area contributed by atoms with Crippen LogP contribution in [0.3, 0.4) is 0 Å². The first-order valence-electron chi connectivity index (χ1n) is 7.07. The minimum atomic E-state index is -0.582. The first-order chi connectivity index (χ1) is 10.6. The summed E-state index contributed by atoms with van der Waals surface area (Å²) in [5, 5.41) is 14.6. The Morgan fingerprint density at radius 2 is 2.14 bits per heavy atom. The lowest BCUT2D eigenvalue weighted by molar-refractivity contribution is 0.298. The van der Waals surface area contributed by atoms with Crippen LogP contribution in [-0.4, -0.2) is 21.5 Å². The third kappa shape index (κ3) is 2.91. The van der Waals surface area contributed by atoms with Crippen molar-refractivity contribution in [1.82, 2.24) is 9.78 Å². The van der Waals surface area contributed by atoms with Crippen molar-refractivity contribution >= 4 is 28.8 Å². The Morgan fingerprint density at radius 1 is 1.32 bits per heavy atom. The molecule has 0 unspecified atom stereocenters. The van der Waals surface area contributed by atoms with E-state index in [2.05, 4.69) is 5.10 Å². The zero-order valence-corrected chi connectivity index (χ0v) is 13.3. The Kier molecular flexibility index (Phi) is 4.52. The fourth-order valence-electron chi connectivity index (χ4n) is 2.82. The van der Waals surface area contributed by atoms with E-state index < -0.39 is 12.4 Å². The molecule has 1 aromatic heterocycles. The summed E-state index contributed by atoms with van der Waals surface area (Å²) in [6.07, 6.45) is 4.11. The third-order valence-corrected chi connectivity index (χ3v) is 4.46. The van der Waals surface area contributed by atoms with E-state index >= 15 is 0 Å². The fraction of sp³-hybridized carbons (Fsp3) is 0.312. The molecule has 0 radical (unpaired) electrons. The Balaban J connectivity index is 2.01. The Labute approximate surface area is 138 Å². The van der Waals surface area contributed by atoms with Crippen LogP contribution in [0.1, 0.15) is 29.7 Å². The normalized spacial score (nSPS) is 16.5. The highest BCUT2D eigenvalue weighted by Crippen LogP contribution is 2.34. The highest BCUT2D eigenvalue weighted by atomic mass is 35.5. The quantitative estimate of drug-likeness (QED) is 0.906. The topological polar surface area (TPSA) is 38.1 Å². The molecule has 0 atom stereocenters. The van der Waals surface area contributed by atoms with Gasteiger partial charge in [-0.1, -0.05) is 29.3 Å². The molecule has 2 aromatic rings. The van der Waals surface area contributed by atoms with Crippen molar-refractivity contribution in [2.45, 2.75) is 25.8 Å². The van der Waals surface area contributed by atoms with E-state index in [1.54, 1.807) is 23.0 Å². The first kappa shape index (κ1) is 15.5. The van der Waals surface area contributed by atoms with Crippen LogP contribution in [0.25, 0.3) is 5.57 Å². The minimum Gasteiger partial charge on any atom is -0.389 e. The number of fused-ring (bicyclic) bond motifs is 1. The number of aliphatic hydroxyl groups excluding tert-OH is 1. The van der Waals surface area contributed by atoms with Crippen molar-refractivity contribution < 1.29 is 9.50 Å². The van der Waals surface area contributed by atoms with Crippen molar-refractivity contribution in [2.24, 2.45) is 0 Å². The lowest BCUT2D eigenvalue weighted by Crippen LogP contribution is -2.11. The average molecular weight is 341 g/mol. The summed E-state index contributed by atoms with van der Waals surface area (Å²) in [7, 11) is 0. The number of benzene rings is 1. The van der Waals surface area contributed by atoms with Gasteiger partial charge in [-0.05, 0) is 42.5 Å². The van der Waals surface area contributed by atoms with Gasteiger partial charge in [0.1, 0.15) is 5.83 Å². The molecule has 1 aliphatic carbocycles. The molecule has 6 heteroatoms. The molecule has 22 heavy (non-hydrogen) atoms. The molecule has 1 aromatic carbocycles. The second kappa shape index (κ2) is 6.41. The van der Waals surface area contributed by atoms with Crippen molar-refractivity contribution in [3.8, 4) is 0 Å². The highest BCUT2D eigenvalue weighted by Gasteiger charge is 2.23. The summed E-state index contributed by atoms with van der Waals surface area (Å²) < 4.78 is 15.7. The second-order valence-corrected chi connectivity index (χ2v) is 6.15.